The zero-order valence-electron chi connectivity index (χ0n) is 13.9. The molecule has 3 rings (SSSR count). The molecule has 1 fully saturated rings. The lowest BCUT2D eigenvalue weighted by molar-refractivity contribution is 0.385. The number of halogens is 1. The van der Waals surface area contributed by atoms with Gasteiger partial charge in [-0.1, -0.05) is 29.8 Å². The van der Waals surface area contributed by atoms with Crippen LogP contribution in [0.15, 0.2) is 47.4 Å². The van der Waals surface area contributed by atoms with Gasteiger partial charge in [-0.3, -0.25) is 0 Å². The number of anilines is 1. The molecule has 0 radical (unpaired) electrons. The van der Waals surface area contributed by atoms with E-state index < -0.39 is 10.0 Å². The van der Waals surface area contributed by atoms with E-state index in [2.05, 4.69) is 30.0 Å². The van der Waals surface area contributed by atoms with Gasteiger partial charge < -0.3 is 4.90 Å². The summed E-state index contributed by atoms with van der Waals surface area (Å²) in [5.74, 6) is 0. The lowest BCUT2D eigenvalue weighted by atomic mass is 10.2. The lowest BCUT2D eigenvalue weighted by Crippen LogP contribution is -2.48. The van der Waals surface area contributed by atoms with E-state index >= 15 is 0 Å². The molecule has 1 aliphatic rings. The van der Waals surface area contributed by atoms with E-state index in [4.69, 9.17) is 11.6 Å². The molecule has 2 aromatic rings. The SMILES string of the molecule is Cc1cccc(N2CCN(S(=O)(=O)c3ccc(C)cc3Cl)CC2)c1. The molecule has 0 spiro atoms. The van der Waals surface area contributed by atoms with Crippen LogP contribution in [0.25, 0.3) is 0 Å². The monoisotopic (exact) mass is 364 g/mol. The molecular formula is C18H21ClN2O2S. The molecule has 0 amide bonds. The zero-order chi connectivity index (χ0) is 17.3. The Labute approximate surface area is 148 Å². The second-order valence-electron chi connectivity index (χ2n) is 6.16. The summed E-state index contributed by atoms with van der Waals surface area (Å²) in [6, 6.07) is 13.3. The molecule has 0 N–H and O–H groups in total. The quantitative estimate of drug-likeness (QED) is 0.837. The Hall–Kier alpha value is -1.56. The topological polar surface area (TPSA) is 40.6 Å². The highest BCUT2D eigenvalue weighted by molar-refractivity contribution is 7.89. The summed E-state index contributed by atoms with van der Waals surface area (Å²) in [5, 5.41) is 0.288. The normalized spacial score (nSPS) is 16.4. The minimum absolute atomic E-state index is 0.193. The Morgan fingerprint density at radius 3 is 2.21 bits per heavy atom. The van der Waals surface area contributed by atoms with Gasteiger partial charge in [0.25, 0.3) is 0 Å². The Morgan fingerprint density at radius 2 is 1.58 bits per heavy atom. The summed E-state index contributed by atoms with van der Waals surface area (Å²) in [4.78, 5) is 2.41. The fourth-order valence-electron chi connectivity index (χ4n) is 2.97. The largest absolute Gasteiger partial charge is 0.369 e. The van der Waals surface area contributed by atoms with Crippen molar-refractivity contribution in [2.24, 2.45) is 0 Å². The summed E-state index contributed by atoms with van der Waals surface area (Å²) in [6.07, 6.45) is 0. The van der Waals surface area contributed by atoms with Crippen LogP contribution in [0, 0.1) is 13.8 Å². The first kappa shape index (κ1) is 17.3. The van der Waals surface area contributed by atoms with Crippen molar-refractivity contribution in [1.29, 1.82) is 0 Å². The van der Waals surface area contributed by atoms with Crippen LogP contribution in [-0.4, -0.2) is 38.9 Å². The van der Waals surface area contributed by atoms with E-state index in [0.717, 1.165) is 11.3 Å². The summed E-state index contributed by atoms with van der Waals surface area (Å²) in [7, 11) is -3.55. The maximum absolute atomic E-state index is 12.8. The van der Waals surface area contributed by atoms with Crippen molar-refractivity contribution < 1.29 is 8.42 Å². The molecule has 0 unspecified atom stereocenters. The third-order valence-electron chi connectivity index (χ3n) is 4.31. The molecule has 6 heteroatoms. The van der Waals surface area contributed by atoms with Crippen molar-refractivity contribution in [3.63, 3.8) is 0 Å². The molecule has 1 heterocycles. The summed E-state index contributed by atoms with van der Waals surface area (Å²) >= 11 is 6.16. The predicted molar refractivity (Wildman–Crippen MR) is 98.3 cm³/mol. The van der Waals surface area contributed by atoms with Crippen molar-refractivity contribution in [3.05, 3.63) is 58.6 Å². The van der Waals surface area contributed by atoms with E-state index in [9.17, 15) is 8.42 Å². The van der Waals surface area contributed by atoms with Crippen LogP contribution in [0.1, 0.15) is 11.1 Å². The predicted octanol–water partition coefficient (Wildman–Crippen LogP) is 3.47. The molecule has 0 aliphatic carbocycles. The van der Waals surface area contributed by atoms with E-state index in [0.29, 0.717) is 26.2 Å². The Bertz CT molecular complexity index is 844. The number of rotatable bonds is 3. The average Bonchev–Trinajstić information content (AvgIpc) is 2.54. The van der Waals surface area contributed by atoms with Gasteiger partial charge in [-0.25, -0.2) is 8.42 Å². The van der Waals surface area contributed by atoms with Crippen LogP contribution in [0.2, 0.25) is 5.02 Å². The number of aryl methyl sites for hydroxylation is 2. The van der Waals surface area contributed by atoms with Crippen LogP contribution in [-0.2, 0) is 10.0 Å². The number of nitrogens with zero attached hydrogens (tertiary/aromatic N) is 2. The van der Waals surface area contributed by atoms with Gasteiger partial charge in [-0.2, -0.15) is 4.31 Å². The van der Waals surface area contributed by atoms with Crippen molar-refractivity contribution >= 4 is 27.3 Å². The van der Waals surface area contributed by atoms with E-state index in [1.807, 2.05) is 13.0 Å². The van der Waals surface area contributed by atoms with Crippen molar-refractivity contribution in [1.82, 2.24) is 4.31 Å². The standard InChI is InChI=1S/C18H21ClN2O2S/c1-14-4-3-5-16(12-14)20-8-10-21(11-9-20)24(22,23)18-7-6-15(2)13-17(18)19/h3-7,12-13H,8-11H2,1-2H3. The van der Waals surface area contributed by atoms with Crippen LogP contribution >= 0.6 is 11.6 Å². The zero-order valence-corrected chi connectivity index (χ0v) is 15.4. The van der Waals surface area contributed by atoms with E-state index in [-0.39, 0.29) is 9.92 Å². The molecule has 0 bridgehead atoms. The number of hydrogen-bond acceptors (Lipinski definition) is 3. The fraction of sp³-hybridized carbons (Fsp3) is 0.333. The van der Waals surface area contributed by atoms with E-state index in [1.54, 1.807) is 18.2 Å². The molecule has 24 heavy (non-hydrogen) atoms. The molecule has 4 nitrogen and oxygen atoms in total. The van der Waals surface area contributed by atoms with Gasteiger partial charge in [0.1, 0.15) is 4.90 Å². The van der Waals surface area contributed by atoms with Crippen molar-refractivity contribution in [3.8, 4) is 0 Å². The Kier molecular flexibility index (Phi) is 4.85. The molecule has 0 aromatic heterocycles. The second-order valence-corrected chi connectivity index (χ2v) is 8.48. The maximum atomic E-state index is 12.8. The van der Waals surface area contributed by atoms with Gasteiger partial charge >= 0.3 is 0 Å². The Balaban J connectivity index is 1.76. The molecule has 1 aliphatic heterocycles. The summed E-state index contributed by atoms with van der Waals surface area (Å²) in [6.45, 7) is 6.21. The molecule has 0 saturated carbocycles. The molecule has 2 aromatic carbocycles. The number of hydrogen-bond donors (Lipinski definition) is 0. The third kappa shape index (κ3) is 3.43. The molecular weight excluding hydrogens is 344 g/mol. The van der Waals surface area contributed by atoms with Gasteiger partial charge in [0.05, 0.1) is 5.02 Å². The minimum atomic E-state index is -3.55. The fourth-order valence-corrected chi connectivity index (χ4v) is 4.96. The van der Waals surface area contributed by atoms with Crippen LogP contribution in [0.4, 0.5) is 5.69 Å². The van der Waals surface area contributed by atoms with Crippen LogP contribution in [0.3, 0.4) is 0 Å². The summed E-state index contributed by atoms with van der Waals surface area (Å²) in [5.41, 5.74) is 3.29. The smallest absolute Gasteiger partial charge is 0.244 e. The minimum Gasteiger partial charge on any atom is -0.369 e. The van der Waals surface area contributed by atoms with E-state index in [1.165, 1.54) is 9.87 Å². The first-order valence-electron chi connectivity index (χ1n) is 7.96. The highest BCUT2D eigenvalue weighted by Gasteiger charge is 2.30. The average molecular weight is 365 g/mol. The molecule has 1 saturated heterocycles. The van der Waals surface area contributed by atoms with Gasteiger partial charge in [0.2, 0.25) is 10.0 Å². The first-order valence-corrected chi connectivity index (χ1v) is 9.77. The Morgan fingerprint density at radius 1 is 0.917 bits per heavy atom. The first-order chi connectivity index (χ1) is 11.4. The maximum Gasteiger partial charge on any atom is 0.244 e. The number of sulfonamides is 1. The van der Waals surface area contributed by atoms with Gasteiger partial charge in [0.15, 0.2) is 0 Å². The lowest BCUT2D eigenvalue weighted by Gasteiger charge is -2.35. The highest BCUT2D eigenvalue weighted by atomic mass is 35.5. The van der Waals surface area contributed by atoms with Gasteiger partial charge in [-0.15, -0.1) is 0 Å². The highest BCUT2D eigenvalue weighted by Crippen LogP contribution is 2.27. The molecule has 128 valence electrons. The van der Waals surface area contributed by atoms with Crippen LogP contribution < -0.4 is 4.90 Å². The number of piperazine rings is 1. The van der Waals surface area contributed by atoms with Crippen molar-refractivity contribution in [2.45, 2.75) is 18.7 Å². The third-order valence-corrected chi connectivity index (χ3v) is 6.69. The molecule has 0 atom stereocenters. The van der Waals surface area contributed by atoms with Gasteiger partial charge in [-0.05, 0) is 49.2 Å². The van der Waals surface area contributed by atoms with Gasteiger partial charge in [0, 0.05) is 31.9 Å². The second kappa shape index (κ2) is 6.75. The van der Waals surface area contributed by atoms with Crippen molar-refractivity contribution in [2.75, 3.05) is 31.1 Å². The summed E-state index contributed by atoms with van der Waals surface area (Å²) < 4.78 is 27.2. The van der Waals surface area contributed by atoms with Crippen LogP contribution in [0.5, 0.6) is 0 Å². The number of benzene rings is 2.